The first-order valence-corrected chi connectivity index (χ1v) is 9.99. The van der Waals surface area contributed by atoms with Gasteiger partial charge >= 0.3 is 0 Å². The fraction of sp³-hybridized carbons (Fsp3) is 0.261. The van der Waals surface area contributed by atoms with Gasteiger partial charge in [0.1, 0.15) is 5.76 Å². The number of carbonyl (C=O) groups is 1. The molecule has 4 aromatic rings. The van der Waals surface area contributed by atoms with E-state index in [9.17, 15) is 4.79 Å². The van der Waals surface area contributed by atoms with Crippen LogP contribution in [0.5, 0.6) is 0 Å². The molecular formula is C23H22N4O2. The highest BCUT2D eigenvalue weighted by Gasteiger charge is 2.30. The van der Waals surface area contributed by atoms with Gasteiger partial charge in [-0.25, -0.2) is 4.98 Å². The average Bonchev–Trinajstić information content (AvgIpc) is 3.41. The number of benzene rings is 2. The molecule has 2 aromatic carbocycles. The Morgan fingerprint density at radius 1 is 1.14 bits per heavy atom. The number of nitrogens with one attached hydrogen (secondary N) is 1. The van der Waals surface area contributed by atoms with Crippen LogP contribution < -0.4 is 0 Å². The topological polar surface area (TPSA) is 75.0 Å². The Morgan fingerprint density at radius 2 is 1.97 bits per heavy atom. The number of hydrogen-bond donors (Lipinski definition) is 1. The highest BCUT2D eigenvalue weighted by atomic mass is 16.4. The summed E-state index contributed by atoms with van der Waals surface area (Å²) < 4.78 is 6.05. The maximum absolute atomic E-state index is 13.1. The van der Waals surface area contributed by atoms with E-state index in [0.29, 0.717) is 12.2 Å². The minimum atomic E-state index is -0.0387. The molecule has 5 rings (SSSR count). The summed E-state index contributed by atoms with van der Waals surface area (Å²) in [7, 11) is 0. The van der Waals surface area contributed by atoms with E-state index in [1.54, 1.807) is 0 Å². The van der Waals surface area contributed by atoms with Gasteiger partial charge < -0.3 is 9.32 Å². The summed E-state index contributed by atoms with van der Waals surface area (Å²) in [5.41, 5.74) is 2.56. The molecule has 146 valence electrons. The maximum Gasteiger partial charge on any atom is 0.275 e. The molecule has 1 fully saturated rings. The van der Waals surface area contributed by atoms with Crippen LogP contribution in [0, 0.1) is 0 Å². The van der Waals surface area contributed by atoms with Gasteiger partial charge in [0.2, 0.25) is 0 Å². The summed E-state index contributed by atoms with van der Waals surface area (Å²) >= 11 is 0. The van der Waals surface area contributed by atoms with Crippen LogP contribution in [-0.2, 0) is 6.42 Å². The molecule has 1 aliphatic rings. The molecule has 1 atom stereocenters. The fourth-order valence-corrected chi connectivity index (χ4v) is 4.03. The zero-order valence-corrected chi connectivity index (χ0v) is 16.0. The lowest BCUT2D eigenvalue weighted by Crippen LogP contribution is -2.39. The minimum Gasteiger partial charge on any atom is -0.445 e. The van der Waals surface area contributed by atoms with Crippen LogP contribution in [0.15, 0.2) is 65.2 Å². The summed E-state index contributed by atoms with van der Waals surface area (Å²) in [5.74, 6) is 1.65. The maximum atomic E-state index is 13.1. The third-order valence-electron chi connectivity index (χ3n) is 5.52. The van der Waals surface area contributed by atoms with Crippen LogP contribution in [0.2, 0.25) is 0 Å². The fourth-order valence-electron chi connectivity index (χ4n) is 4.03. The van der Waals surface area contributed by atoms with E-state index in [0.717, 1.165) is 48.4 Å². The van der Waals surface area contributed by atoms with Gasteiger partial charge in [-0.3, -0.25) is 9.89 Å². The first kappa shape index (κ1) is 17.7. The number of oxazole rings is 1. The molecular weight excluding hydrogens is 364 g/mol. The summed E-state index contributed by atoms with van der Waals surface area (Å²) in [6.07, 6.45) is 4.43. The summed E-state index contributed by atoms with van der Waals surface area (Å²) in [4.78, 5) is 19.5. The Labute approximate surface area is 168 Å². The van der Waals surface area contributed by atoms with Gasteiger partial charge in [0.05, 0.1) is 17.6 Å². The van der Waals surface area contributed by atoms with E-state index in [4.69, 9.17) is 4.42 Å². The molecule has 1 N–H and O–H groups in total. The van der Waals surface area contributed by atoms with Crippen molar-refractivity contribution < 1.29 is 9.21 Å². The van der Waals surface area contributed by atoms with Crippen molar-refractivity contribution in [3.63, 3.8) is 0 Å². The molecule has 0 aliphatic carbocycles. The van der Waals surface area contributed by atoms with Gasteiger partial charge in [-0.1, -0.05) is 48.5 Å². The molecule has 1 amide bonds. The second kappa shape index (κ2) is 7.54. The minimum absolute atomic E-state index is 0.0387. The van der Waals surface area contributed by atoms with E-state index < -0.39 is 0 Å². The smallest absolute Gasteiger partial charge is 0.275 e. The molecule has 29 heavy (non-hydrogen) atoms. The van der Waals surface area contributed by atoms with Gasteiger partial charge in [0, 0.05) is 24.9 Å². The highest BCUT2D eigenvalue weighted by molar-refractivity contribution is 6.04. The van der Waals surface area contributed by atoms with Crippen LogP contribution in [0.25, 0.3) is 10.9 Å². The number of fused-ring (bicyclic) bond motifs is 1. The SMILES string of the molecule is O=C(c1n[nH]c2ccccc12)N1CCCC(c2ncc(Cc3ccccc3)o2)C1. The molecule has 0 bridgehead atoms. The number of amides is 1. The quantitative estimate of drug-likeness (QED) is 0.571. The van der Waals surface area contributed by atoms with Crippen molar-refractivity contribution >= 4 is 16.8 Å². The number of nitrogens with zero attached hydrogens (tertiary/aromatic N) is 3. The molecule has 0 radical (unpaired) electrons. The van der Waals surface area contributed by atoms with Crippen LogP contribution in [-0.4, -0.2) is 39.1 Å². The number of aromatic amines is 1. The number of rotatable bonds is 4. The Kier molecular flexibility index (Phi) is 4.60. The zero-order chi connectivity index (χ0) is 19.6. The van der Waals surface area contributed by atoms with Crippen molar-refractivity contribution in [3.05, 3.63) is 83.7 Å². The zero-order valence-electron chi connectivity index (χ0n) is 16.0. The van der Waals surface area contributed by atoms with Gasteiger partial charge in [0.15, 0.2) is 11.6 Å². The monoisotopic (exact) mass is 386 g/mol. The highest BCUT2D eigenvalue weighted by Crippen LogP contribution is 2.28. The lowest BCUT2D eigenvalue weighted by atomic mass is 9.97. The predicted octanol–water partition coefficient (Wildman–Crippen LogP) is 4.16. The van der Waals surface area contributed by atoms with Crippen LogP contribution in [0.4, 0.5) is 0 Å². The molecule has 3 heterocycles. The van der Waals surface area contributed by atoms with Crippen LogP contribution >= 0.6 is 0 Å². The average molecular weight is 386 g/mol. The molecule has 0 spiro atoms. The van der Waals surface area contributed by atoms with Gasteiger partial charge in [-0.15, -0.1) is 0 Å². The first-order valence-electron chi connectivity index (χ1n) is 9.99. The largest absolute Gasteiger partial charge is 0.445 e. The Bertz CT molecular complexity index is 1130. The Balaban J connectivity index is 1.31. The van der Waals surface area contributed by atoms with E-state index in [1.807, 2.05) is 53.6 Å². The molecule has 0 saturated carbocycles. The molecule has 1 saturated heterocycles. The van der Waals surface area contributed by atoms with Crippen LogP contribution in [0.1, 0.15) is 46.5 Å². The van der Waals surface area contributed by atoms with Gasteiger partial charge in [-0.05, 0) is 24.5 Å². The Hall–Kier alpha value is -3.41. The second-order valence-electron chi connectivity index (χ2n) is 7.54. The van der Waals surface area contributed by atoms with Crippen molar-refractivity contribution in [1.82, 2.24) is 20.1 Å². The number of hydrogen-bond acceptors (Lipinski definition) is 4. The number of carbonyl (C=O) groups excluding carboxylic acids is 1. The van der Waals surface area contributed by atoms with Crippen molar-refractivity contribution in [1.29, 1.82) is 0 Å². The lowest BCUT2D eigenvalue weighted by Gasteiger charge is -2.30. The summed E-state index contributed by atoms with van der Waals surface area (Å²) in [6, 6.07) is 17.9. The second-order valence-corrected chi connectivity index (χ2v) is 7.54. The lowest BCUT2D eigenvalue weighted by molar-refractivity contribution is 0.0694. The molecule has 2 aromatic heterocycles. The van der Waals surface area contributed by atoms with Crippen molar-refractivity contribution in [2.24, 2.45) is 0 Å². The molecule has 1 aliphatic heterocycles. The number of likely N-dealkylation sites (tertiary alicyclic amines) is 1. The first-order chi connectivity index (χ1) is 14.3. The standard InChI is InChI=1S/C23H22N4O2/c28-23(21-19-10-4-5-11-20(19)25-26-21)27-12-6-9-17(15-27)22-24-14-18(29-22)13-16-7-2-1-3-8-16/h1-5,7-8,10-11,14,17H,6,9,12-13,15H2,(H,25,26). The molecule has 1 unspecified atom stereocenters. The molecule has 6 heteroatoms. The third kappa shape index (κ3) is 3.53. The number of piperidine rings is 1. The summed E-state index contributed by atoms with van der Waals surface area (Å²) in [6.45, 7) is 1.33. The Morgan fingerprint density at radius 3 is 2.86 bits per heavy atom. The van der Waals surface area contributed by atoms with Crippen molar-refractivity contribution in [2.75, 3.05) is 13.1 Å². The van der Waals surface area contributed by atoms with Gasteiger partial charge in [0.25, 0.3) is 5.91 Å². The normalized spacial score (nSPS) is 17.0. The third-order valence-corrected chi connectivity index (χ3v) is 5.52. The van der Waals surface area contributed by atoms with Gasteiger partial charge in [-0.2, -0.15) is 5.10 Å². The van der Waals surface area contributed by atoms with E-state index in [1.165, 1.54) is 5.56 Å². The van der Waals surface area contributed by atoms with Crippen molar-refractivity contribution in [3.8, 4) is 0 Å². The van der Waals surface area contributed by atoms with Crippen molar-refractivity contribution in [2.45, 2.75) is 25.2 Å². The summed E-state index contributed by atoms with van der Waals surface area (Å²) in [5, 5.41) is 8.08. The number of aromatic nitrogens is 3. The number of H-pyrrole nitrogens is 1. The number of para-hydroxylation sites is 1. The van der Waals surface area contributed by atoms with E-state index >= 15 is 0 Å². The van der Waals surface area contributed by atoms with Crippen LogP contribution in [0.3, 0.4) is 0 Å². The molecule has 6 nitrogen and oxygen atoms in total. The van der Waals surface area contributed by atoms with E-state index in [2.05, 4.69) is 27.3 Å². The van der Waals surface area contributed by atoms with E-state index in [-0.39, 0.29) is 11.8 Å². The predicted molar refractivity (Wildman–Crippen MR) is 110 cm³/mol.